The molecule has 1 aliphatic rings. The molecule has 21 heavy (non-hydrogen) atoms. The fourth-order valence-corrected chi connectivity index (χ4v) is 3.64. The Morgan fingerprint density at radius 2 is 2.00 bits per heavy atom. The maximum atomic E-state index is 11.2. The van der Waals surface area contributed by atoms with Gasteiger partial charge in [0.15, 0.2) is 0 Å². The van der Waals surface area contributed by atoms with Gasteiger partial charge in [-0.3, -0.25) is 4.79 Å². The third kappa shape index (κ3) is 4.23. The van der Waals surface area contributed by atoms with Gasteiger partial charge in [0.2, 0.25) is 0 Å². The minimum atomic E-state index is -0.650. The Morgan fingerprint density at radius 1 is 1.29 bits per heavy atom. The number of aliphatic carboxylic acids is 1. The summed E-state index contributed by atoms with van der Waals surface area (Å²) >= 11 is 0. The van der Waals surface area contributed by atoms with E-state index in [4.69, 9.17) is 4.74 Å². The molecule has 0 heterocycles. The third-order valence-corrected chi connectivity index (χ3v) is 4.84. The Balaban J connectivity index is 2.04. The van der Waals surface area contributed by atoms with Crippen LogP contribution in [0.4, 0.5) is 0 Å². The number of carboxylic acids is 1. The maximum absolute atomic E-state index is 11.2. The van der Waals surface area contributed by atoms with Crippen LogP contribution < -0.4 is 4.74 Å². The maximum Gasteiger partial charge on any atom is 0.303 e. The summed E-state index contributed by atoms with van der Waals surface area (Å²) in [7, 11) is 1.69. The van der Waals surface area contributed by atoms with E-state index in [-0.39, 0.29) is 5.41 Å². The Kier molecular flexibility index (Phi) is 5.27. The molecule has 1 N–H and O–H groups in total. The highest BCUT2D eigenvalue weighted by atomic mass is 16.5. The molecule has 116 valence electrons. The van der Waals surface area contributed by atoms with Gasteiger partial charge in [-0.2, -0.15) is 0 Å². The van der Waals surface area contributed by atoms with Crippen LogP contribution in [0.2, 0.25) is 0 Å². The van der Waals surface area contributed by atoms with Crippen molar-refractivity contribution < 1.29 is 14.6 Å². The van der Waals surface area contributed by atoms with E-state index in [1.165, 1.54) is 24.8 Å². The first kappa shape index (κ1) is 15.9. The average molecular weight is 290 g/mol. The lowest BCUT2D eigenvalue weighted by Gasteiger charge is -2.36. The molecule has 3 nitrogen and oxygen atoms in total. The van der Waals surface area contributed by atoms with Crippen molar-refractivity contribution in [2.75, 3.05) is 7.11 Å². The highest BCUT2D eigenvalue weighted by molar-refractivity contribution is 5.67. The minimum Gasteiger partial charge on any atom is -0.496 e. The predicted octanol–water partition coefficient (Wildman–Crippen LogP) is 4.36. The molecule has 1 aliphatic carbocycles. The zero-order chi connectivity index (χ0) is 15.3. The molecule has 0 saturated heterocycles. The van der Waals surface area contributed by atoms with Crippen molar-refractivity contribution in [1.29, 1.82) is 0 Å². The summed E-state index contributed by atoms with van der Waals surface area (Å²) in [5.74, 6) is 0.263. The summed E-state index contributed by atoms with van der Waals surface area (Å²) in [5, 5.41) is 9.22. The van der Waals surface area contributed by atoms with Gasteiger partial charge in [-0.25, -0.2) is 0 Å². The first-order chi connectivity index (χ1) is 10.0. The second-order valence-corrected chi connectivity index (χ2v) is 6.44. The van der Waals surface area contributed by atoms with Gasteiger partial charge in [-0.1, -0.05) is 31.4 Å². The Hall–Kier alpha value is -1.51. The number of methoxy groups -OCH3 is 1. The van der Waals surface area contributed by atoms with Crippen molar-refractivity contribution in [2.45, 2.75) is 58.3 Å². The van der Waals surface area contributed by atoms with Crippen LogP contribution in [0.5, 0.6) is 5.75 Å². The zero-order valence-electron chi connectivity index (χ0n) is 13.2. The van der Waals surface area contributed by atoms with E-state index in [1.54, 1.807) is 7.11 Å². The normalized spacial score (nSPS) is 17.4. The van der Waals surface area contributed by atoms with Gasteiger partial charge in [0, 0.05) is 0 Å². The van der Waals surface area contributed by atoms with Gasteiger partial charge in [-0.15, -0.1) is 0 Å². The summed E-state index contributed by atoms with van der Waals surface area (Å²) in [6.45, 7) is 2.05. The van der Waals surface area contributed by atoms with Crippen LogP contribution in [0.15, 0.2) is 18.2 Å². The summed E-state index contributed by atoms with van der Waals surface area (Å²) in [4.78, 5) is 11.2. The van der Waals surface area contributed by atoms with Gasteiger partial charge in [0.05, 0.1) is 13.5 Å². The molecule has 0 atom stereocenters. The highest BCUT2D eigenvalue weighted by Crippen LogP contribution is 2.43. The molecule has 0 aliphatic heterocycles. The van der Waals surface area contributed by atoms with Crippen LogP contribution in [-0.2, 0) is 11.2 Å². The topological polar surface area (TPSA) is 46.5 Å². The molecule has 1 fully saturated rings. The van der Waals surface area contributed by atoms with E-state index in [2.05, 4.69) is 19.1 Å². The second-order valence-electron chi connectivity index (χ2n) is 6.44. The minimum absolute atomic E-state index is 0.0118. The largest absolute Gasteiger partial charge is 0.496 e. The number of hydrogen-bond donors (Lipinski definition) is 1. The Bertz CT molecular complexity index is 487. The second kappa shape index (κ2) is 6.97. The van der Waals surface area contributed by atoms with Gasteiger partial charge in [-0.05, 0) is 55.2 Å². The number of carbonyl (C=O) groups is 1. The number of aryl methyl sites for hydroxylation is 2. The fourth-order valence-electron chi connectivity index (χ4n) is 3.64. The SMILES string of the molecule is COc1ccc(CCC2(CC(=O)O)CCCCC2)cc1C. The molecule has 2 rings (SSSR count). The van der Waals surface area contributed by atoms with Gasteiger partial charge < -0.3 is 9.84 Å². The molecule has 0 bridgehead atoms. The quantitative estimate of drug-likeness (QED) is 0.846. The third-order valence-electron chi connectivity index (χ3n) is 4.84. The van der Waals surface area contributed by atoms with Crippen LogP contribution >= 0.6 is 0 Å². The van der Waals surface area contributed by atoms with Crippen molar-refractivity contribution in [3.8, 4) is 5.75 Å². The van der Waals surface area contributed by atoms with Gasteiger partial charge >= 0.3 is 5.97 Å². The highest BCUT2D eigenvalue weighted by Gasteiger charge is 2.33. The summed E-state index contributed by atoms with van der Waals surface area (Å²) < 4.78 is 5.29. The number of rotatable bonds is 6. The fraction of sp³-hybridized carbons (Fsp3) is 0.611. The smallest absolute Gasteiger partial charge is 0.303 e. The van der Waals surface area contributed by atoms with Crippen molar-refractivity contribution in [3.63, 3.8) is 0 Å². The van der Waals surface area contributed by atoms with Crippen LogP contribution in [0.3, 0.4) is 0 Å². The predicted molar refractivity (Wildman–Crippen MR) is 83.8 cm³/mol. The van der Waals surface area contributed by atoms with Gasteiger partial charge in [0.25, 0.3) is 0 Å². The first-order valence-electron chi connectivity index (χ1n) is 7.90. The average Bonchev–Trinajstić information content (AvgIpc) is 2.46. The van der Waals surface area contributed by atoms with Crippen LogP contribution in [0, 0.1) is 12.3 Å². The molecule has 1 aromatic rings. The van der Waals surface area contributed by atoms with Crippen molar-refractivity contribution in [3.05, 3.63) is 29.3 Å². The first-order valence-corrected chi connectivity index (χ1v) is 7.90. The van der Waals surface area contributed by atoms with E-state index in [0.29, 0.717) is 6.42 Å². The molecule has 0 spiro atoms. The molecule has 1 aromatic carbocycles. The molecule has 0 amide bonds. The van der Waals surface area contributed by atoms with Crippen LogP contribution in [0.25, 0.3) is 0 Å². The van der Waals surface area contributed by atoms with E-state index in [0.717, 1.165) is 37.0 Å². The van der Waals surface area contributed by atoms with Crippen molar-refractivity contribution >= 4 is 5.97 Å². The number of ether oxygens (including phenoxy) is 1. The number of benzene rings is 1. The Labute approximate surface area is 127 Å². The number of carboxylic acid groups (broad SMARTS) is 1. The van der Waals surface area contributed by atoms with Crippen molar-refractivity contribution in [1.82, 2.24) is 0 Å². The molecule has 0 unspecified atom stereocenters. The molecule has 0 aromatic heterocycles. The summed E-state index contributed by atoms with van der Waals surface area (Å²) in [6.07, 6.45) is 7.99. The molecule has 1 saturated carbocycles. The lowest BCUT2D eigenvalue weighted by atomic mass is 9.68. The standard InChI is InChI=1S/C18H26O3/c1-14-12-15(6-7-16(14)21-2)8-11-18(13-17(19)20)9-4-3-5-10-18/h6-7,12H,3-5,8-11,13H2,1-2H3,(H,19,20). The van der Waals surface area contributed by atoms with E-state index >= 15 is 0 Å². The van der Waals surface area contributed by atoms with E-state index in [1.807, 2.05) is 6.07 Å². The number of hydrogen-bond acceptors (Lipinski definition) is 2. The van der Waals surface area contributed by atoms with E-state index in [9.17, 15) is 9.90 Å². The van der Waals surface area contributed by atoms with Crippen LogP contribution in [-0.4, -0.2) is 18.2 Å². The monoisotopic (exact) mass is 290 g/mol. The summed E-state index contributed by atoms with van der Waals surface area (Å²) in [5.41, 5.74) is 2.44. The molecular weight excluding hydrogens is 264 g/mol. The lowest BCUT2D eigenvalue weighted by molar-refractivity contribution is -0.140. The summed E-state index contributed by atoms with van der Waals surface area (Å²) in [6, 6.07) is 6.27. The molecule has 0 radical (unpaired) electrons. The molecule has 3 heteroatoms. The van der Waals surface area contributed by atoms with Gasteiger partial charge in [0.1, 0.15) is 5.75 Å². The zero-order valence-corrected chi connectivity index (χ0v) is 13.2. The molecular formula is C18H26O3. The van der Waals surface area contributed by atoms with E-state index < -0.39 is 5.97 Å². The lowest BCUT2D eigenvalue weighted by Crippen LogP contribution is -2.28. The van der Waals surface area contributed by atoms with Crippen molar-refractivity contribution in [2.24, 2.45) is 5.41 Å². The Morgan fingerprint density at radius 3 is 2.57 bits per heavy atom. The van der Waals surface area contributed by atoms with Crippen LogP contribution in [0.1, 0.15) is 56.1 Å².